The molecule has 1 aliphatic carbocycles. The lowest BCUT2D eigenvalue weighted by molar-refractivity contribution is -0.117. The van der Waals surface area contributed by atoms with Crippen molar-refractivity contribution >= 4 is 29.1 Å². The number of hydrogen-bond acceptors (Lipinski definition) is 2. The highest BCUT2D eigenvalue weighted by Crippen LogP contribution is 2.38. The number of carbonyl (C=O) groups excluding carboxylic acids is 2. The Morgan fingerprint density at radius 1 is 1.47 bits per heavy atom. The van der Waals surface area contributed by atoms with Crippen molar-refractivity contribution in [3.05, 3.63) is 28.8 Å². The van der Waals surface area contributed by atoms with Crippen molar-refractivity contribution in [1.29, 1.82) is 0 Å². The van der Waals surface area contributed by atoms with Crippen LogP contribution in [0, 0.1) is 11.8 Å². The van der Waals surface area contributed by atoms with Gasteiger partial charge in [0.15, 0.2) is 0 Å². The van der Waals surface area contributed by atoms with E-state index in [1.165, 1.54) is 6.07 Å². The van der Waals surface area contributed by atoms with Gasteiger partial charge in [0.25, 0.3) is 0 Å². The molecular weight excluding hydrogens is 240 g/mol. The van der Waals surface area contributed by atoms with Crippen LogP contribution < -0.4 is 11.1 Å². The highest BCUT2D eigenvalue weighted by atomic mass is 35.5. The molecule has 1 aromatic rings. The first kappa shape index (κ1) is 11.9. The normalized spacial score (nSPS) is 22.0. The Morgan fingerprint density at radius 2 is 2.12 bits per heavy atom. The number of benzene rings is 1. The summed E-state index contributed by atoms with van der Waals surface area (Å²) in [6.45, 7) is 2.03. The van der Waals surface area contributed by atoms with Crippen LogP contribution in [0.5, 0.6) is 0 Å². The lowest BCUT2D eigenvalue weighted by Crippen LogP contribution is -2.16. The first-order valence-corrected chi connectivity index (χ1v) is 5.77. The van der Waals surface area contributed by atoms with Gasteiger partial charge in [-0.1, -0.05) is 18.5 Å². The molecule has 1 aliphatic rings. The Bertz CT molecular complexity index is 487. The van der Waals surface area contributed by atoms with Crippen LogP contribution in [-0.2, 0) is 4.79 Å². The Morgan fingerprint density at radius 3 is 2.65 bits per heavy atom. The van der Waals surface area contributed by atoms with Crippen LogP contribution in [0.25, 0.3) is 0 Å². The Balaban J connectivity index is 2.14. The predicted octanol–water partition coefficient (Wildman–Crippen LogP) is 2.03. The van der Waals surface area contributed by atoms with Crippen molar-refractivity contribution < 1.29 is 9.59 Å². The maximum atomic E-state index is 11.7. The predicted molar refractivity (Wildman–Crippen MR) is 65.9 cm³/mol. The second-order valence-electron chi connectivity index (χ2n) is 4.37. The maximum Gasteiger partial charge on any atom is 0.250 e. The van der Waals surface area contributed by atoms with Gasteiger partial charge in [-0.2, -0.15) is 0 Å². The van der Waals surface area contributed by atoms with Gasteiger partial charge in [0.05, 0.1) is 10.6 Å². The van der Waals surface area contributed by atoms with Gasteiger partial charge < -0.3 is 11.1 Å². The Kier molecular flexibility index (Phi) is 3.07. The SMILES string of the molecule is C[C@H]1C[C@@H]1C(=O)Nc1ccc(Cl)c(C(N)=O)c1. The molecule has 2 atom stereocenters. The zero-order valence-electron chi connectivity index (χ0n) is 9.37. The third-order valence-corrected chi connectivity index (χ3v) is 3.28. The fourth-order valence-electron chi connectivity index (χ4n) is 1.71. The van der Waals surface area contributed by atoms with E-state index in [0.29, 0.717) is 11.6 Å². The minimum Gasteiger partial charge on any atom is -0.366 e. The molecule has 0 spiro atoms. The van der Waals surface area contributed by atoms with Crippen molar-refractivity contribution in [3.63, 3.8) is 0 Å². The summed E-state index contributed by atoms with van der Waals surface area (Å²) in [5, 5.41) is 3.04. The number of halogens is 1. The van der Waals surface area contributed by atoms with Crippen LogP contribution in [0.3, 0.4) is 0 Å². The van der Waals surface area contributed by atoms with Crippen LogP contribution in [0.2, 0.25) is 5.02 Å². The summed E-state index contributed by atoms with van der Waals surface area (Å²) in [6.07, 6.45) is 0.919. The number of hydrogen-bond donors (Lipinski definition) is 2. The van der Waals surface area contributed by atoms with Gasteiger partial charge in [0.2, 0.25) is 11.8 Å². The first-order valence-electron chi connectivity index (χ1n) is 5.39. The van der Waals surface area contributed by atoms with Gasteiger partial charge in [0, 0.05) is 11.6 Å². The number of nitrogens with one attached hydrogen (secondary N) is 1. The molecule has 5 heteroatoms. The van der Waals surface area contributed by atoms with E-state index in [-0.39, 0.29) is 22.4 Å². The fourth-order valence-corrected chi connectivity index (χ4v) is 1.92. The van der Waals surface area contributed by atoms with E-state index >= 15 is 0 Å². The Hall–Kier alpha value is -1.55. The van der Waals surface area contributed by atoms with Crippen molar-refractivity contribution in [3.8, 4) is 0 Å². The van der Waals surface area contributed by atoms with E-state index in [2.05, 4.69) is 5.32 Å². The lowest BCUT2D eigenvalue weighted by atomic mass is 10.2. The van der Waals surface area contributed by atoms with E-state index in [4.69, 9.17) is 17.3 Å². The molecule has 1 saturated carbocycles. The molecule has 0 aliphatic heterocycles. The third-order valence-electron chi connectivity index (χ3n) is 2.95. The van der Waals surface area contributed by atoms with Crippen molar-refractivity contribution in [1.82, 2.24) is 0 Å². The molecule has 2 rings (SSSR count). The third kappa shape index (κ3) is 2.58. The summed E-state index contributed by atoms with van der Waals surface area (Å²) in [6, 6.07) is 4.70. The molecule has 3 N–H and O–H groups in total. The number of anilines is 1. The zero-order chi connectivity index (χ0) is 12.6. The number of primary amides is 1. The van der Waals surface area contributed by atoms with Crippen molar-refractivity contribution in [2.24, 2.45) is 17.6 Å². The molecule has 4 nitrogen and oxygen atoms in total. The average molecular weight is 253 g/mol. The molecule has 0 radical (unpaired) electrons. The summed E-state index contributed by atoms with van der Waals surface area (Å²) < 4.78 is 0. The van der Waals surface area contributed by atoms with Crippen LogP contribution >= 0.6 is 11.6 Å². The van der Waals surface area contributed by atoms with Crippen LogP contribution in [-0.4, -0.2) is 11.8 Å². The minimum atomic E-state index is -0.606. The van der Waals surface area contributed by atoms with Crippen molar-refractivity contribution in [2.45, 2.75) is 13.3 Å². The minimum absolute atomic E-state index is 0.0183. The van der Waals surface area contributed by atoms with E-state index in [0.717, 1.165) is 6.42 Å². The molecule has 90 valence electrons. The van der Waals surface area contributed by atoms with Crippen LogP contribution in [0.4, 0.5) is 5.69 Å². The molecule has 1 fully saturated rings. The van der Waals surface area contributed by atoms with Crippen LogP contribution in [0.15, 0.2) is 18.2 Å². The Labute approximate surface area is 104 Å². The number of carbonyl (C=O) groups is 2. The second-order valence-corrected chi connectivity index (χ2v) is 4.77. The topological polar surface area (TPSA) is 72.2 Å². The van der Waals surface area contributed by atoms with E-state index in [1.54, 1.807) is 12.1 Å². The number of amides is 2. The molecule has 0 bridgehead atoms. The van der Waals surface area contributed by atoms with Crippen molar-refractivity contribution in [2.75, 3.05) is 5.32 Å². The van der Waals surface area contributed by atoms with E-state index in [1.807, 2.05) is 6.92 Å². The molecule has 0 heterocycles. The molecule has 0 unspecified atom stereocenters. The van der Waals surface area contributed by atoms with Gasteiger partial charge in [-0.05, 0) is 30.5 Å². The summed E-state index contributed by atoms with van der Waals surface area (Å²) in [7, 11) is 0. The second kappa shape index (κ2) is 4.37. The van der Waals surface area contributed by atoms with Gasteiger partial charge >= 0.3 is 0 Å². The standard InChI is InChI=1S/C12H13ClN2O2/c1-6-4-8(6)12(17)15-7-2-3-10(13)9(5-7)11(14)16/h2-3,5-6,8H,4H2,1H3,(H2,14,16)(H,15,17)/t6-,8-/m0/s1. The zero-order valence-corrected chi connectivity index (χ0v) is 10.1. The molecule has 2 amide bonds. The smallest absolute Gasteiger partial charge is 0.250 e. The van der Waals surface area contributed by atoms with Gasteiger partial charge in [0.1, 0.15) is 0 Å². The van der Waals surface area contributed by atoms with Crippen LogP contribution in [0.1, 0.15) is 23.7 Å². The monoisotopic (exact) mass is 252 g/mol. The molecule has 17 heavy (non-hydrogen) atoms. The van der Waals surface area contributed by atoms with E-state index < -0.39 is 5.91 Å². The summed E-state index contributed by atoms with van der Waals surface area (Å²) in [5.74, 6) is -0.0956. The first-order chi connectivity index (χ1) is 7.99. The fraction of sp³-hybridized carbons (Fsp3) is 0.333. The quantitative estimate of drug-likeness (QED) is 0.864. The molecule has 1 aromatic carbocycles. The van der Waals surface area contributed by atoms with Gasteiger partial charge in [-0.15, -0.1) is 0 Å². The number of rotatable bonds is 3. The van der Waals surface area contributed by atoms with Gasteiger partial charge in [-0.3, -0.25) is 9.59 Å². The highest BCUT2D eigenvalue weighted by molar-refractivity contribution is 6.34. The summed E-state index contributed by atoms with van der Waals surface area (Å²) in [5.41, 5.74) is 5.94. The van der Waals surface area contributed by atoms with Gasteiger partial charge in [-0.25, -0.2) is 0 Å². The van der Waals surface area contributed by atoms with E-state index in [9.17, 15) is 9.59 Å². The summed E-state index contributed by atoms with van der Waals surface area (Å²) >= 11 is 5.81. The lowest BCUT2D eigenvalue weighted by Gasteiger charge is -2.07. The highest BCUT2D eigenvalue weighted by Gasteiger charge is 2.39. The molecular formula is C12H13ClN2O2. The molecule has 0 aromatic heterocycles. The molecule has 0 saturated heterocycles. The number of nitrogens with two attached hydrogens (primary N) is 1. The average Bonchev–Trinajstić information content (AvgIpc) is 2.98. The maximum absolute atomic E-state index is 11.7. The summed E-state index contributed by atoms with van der Waals surface area (Å²) in [4.78, 5) is 22.8. The largest absolute Gasteiger partial charge is 0.366 e.